The summed E-state index contributed by atoms with van der Waals surface area (Å²) in [6, 6.07) is 17.1. The van der Waals surface area contributed by atoms with Crippen molar-refractivity contribution in [2.24, 2.45) is 0 Å². The lowest BCUT2D eigenvalue weighted by Crippen LogP contribution is -2.18. The molecule has 0 saturated heterocycles. The highest BCUT2D eigenvalue weighted by Gasteiger charge is 2.13. The molecule has 0 aliphatic heterocycles. The van der Waals surface area contributed by atoms with Crippen LogP contribution in [0.5, 0.6) is 5.75 Å². The van der Waals surface area contributed by atoms with Crippen LogP contribution in [0.1, 0.15) is 36.1 Å². The van der Waals surface area contributed by atoms with Gasteiger partial charge in [-0.15, -0.1) is 0 Å². The van der Waals surface area contributed by atoms with E-state index in [0.29, 0.717) is 0 Å². The number of rotatable bonds is 6. The maximum Gasteiger partial charge on any atom is 0.119 e. The molecule has 0 spiro atoms. The van der Waals surface area contributed by atoms with E-state index in [1.54, 1.807) is 0 Å². The van der Waals surface area contributed by atoms with Crippen molar-refractivity contribution < 1.29 is 4.74 Å². The van der Waals surface area contributed by atoms with Gasteiger partial charge in [0.05, 0.1) is 12.6 Å². The van der Waals surface area contributed by atoms with Crippen LogP contribution in [-0.4, -0.2) is 13.7 Å². The molecule has 0 saturated carbocycles. The van der Waals surface area contributed by atoms with Crippen molar-refractivity contribution in [3.8, 4) is 5.75 Å². The Kier molecular flexibility index (Phi) is 5.19. The van der Waals surface area contributed by atoms with Crippen molar-refractivity contribution in [2.45, 2.75) is 26.3 Å². The minimum Gasteiger partial charge on any atom is -0.494 e. The number of aryl methyl sites for hydroxylation is 1. The van der Waals surface area contributed by atoms with Crippen LogP contribution in [0.15, 0.2) is 48.5 Å². The molecule has 1 unspecified atom stereocenters. The number of hydrogen-bond acceptors (Lipinski definition) is 2. The lowest BCUT2D eigenvalue weighted by molar-refractivity contribution is 0.317. The van der Waals surface area contributed by atoms with E-state index in [0.717, 1.165) is 18.8 Å². The summed E-state index contributed by atoms with van der Waals surface area (Å²) < 4.78 is 5.63. The van der Waals surface area contributed by atoms with Crippen LogP contribution >= 0.6 is 0 Å². The second-order valence-corrected chi connectivity index (χ2v) is 5.00. The first-order valence-corrected chi connectivity index (χ1v) is 7.21. The summed E-state index contributed by atoms with van der Waals surface area (Å²) in [5.74, 6) is 0.940. The van der Waals surface area contributed by atoms with Gasteiger partial charge in [0, 0.05) is 0 Å². The number of nitrogens with one attached hydrogen (secondary N) is 1. The van der Waals surface area contributed by atoms with Crippen molar-refractivity contribution in [3.05, 3.63) is 65.2 Å². The van der Waals surface area contributed by atoms with Crippen LogP contribution in [0.3, 0.4) is 0 Å². The van der Waals surface area contributed by atoms with E-state index in [1.165, 1.54) is 16.7 Å². The monoisotopic (exact) mass is 269 g/mol. The lowest BCUT2D eigenvalue weighted by Gasteiger charge is -2.19. The highest BCUT2D eigenvalue weighted by atomic mass is 16.5. The van der Waals surface area contributed by atoms with Gasteiger partial charge in [-0.05, 0) is 49.2 Å². The molecule has 2 heteroatoms. The van der Waals surface area contributed by atoms with Crippen LogP contribution in [0.4, 0.5) is 0 Å². The Bertz CT molecular complexity index is 533. The van der Waals surface area contributed by atoms with Crippen molar-refractivity contribution >= 4 is 0 Å². The molecule has 0 aliphatic rings. The molecule has 2 rings (SSSR count). The quantitative estimate of drug-likeness (QED) is 0.852. The molecule has 1 atom stereocenters. The van der Waals surface area contributed by atoms with E-state index < -0.39 is 0 Å². The fourth-order valence-corrected chi connectivity index (χ4v) is 2.39. The molecule has 106 valence electrons. The third kappa shape index (κ3) is 3.40. The second kappa shape index (κ2) is 7.11. The van der Waals surface area contributed by atoms with Gasteiger partial charge in [0.15, 0.2) is 0 Å². The van der Waals surface area contributed by atoms with Crippen LogP contribution in [0.25, 0.3) is 0 Å². The van der Waals surface area contributed by atoms with Crippen LogP contribution in [0.2, 0.25) is 0 Å². The Morgan fingerprint density at radius 2 is 1.75 bits per heavy atom. The fraction of sp³-hybridized carbons (Fsp3) is 0.333. The summed E-state index contributed by atoms with van der Waals surface area (Å²) in [6.07, 6.45) is 1.03. The zero-order valence-corrected chi connectivity index (χ0v) is 12.5. The van der Waals surface area contributed by atoms with Crippen molar-refractivity contribution in [1.82, 2.24) is 5.32 Å². The van der Waals surface area contributed by atoms with E-state index in [4.69, 9.17) is 4.74 Å². The fourth-order valence-electron chi connectivity index (χ4n) is 2.39. The van der Waals surface area contributed by atoms with E-state index in [2.05, 4.69) is 55.6 Å². The molecular formula is C18H23NO. The van der Waals surface area contributed by atoms with Crippen molar-refractivity contribution in [3.63, 3.8) is 0 Å². The van der Waals surface area contributed by atoms with Gasteiger partial charge in [-0.25, -0.2) is 0 Å². The highest BCUT2D eigenvalue weighted by Crippen LogP contribution is 2.26. The predicted octanol–water partition coefficient (Wildman–Crippen LogP) is 4.09. The Balaban J connectivity index is 2.22. The topological polar surface area (TPSA) is 21.3 Å². The molecule has 2 aromatic carbocycles. The molecule has 0 aliphatic carbocycles. The summed E-state index contributed by atoms with van der Waals surface area (Å²) in [4.78, 5) is 0. The van der Waals surface area contributed by atoms with Crippen LogP contribution in [-0.2, 0) is 0 Å². The van der Waals surface area contributed by atoms with E-state index >= 15 is 0 Å². The summed E-state index contributed by atoms with van der Waals surface area (Å²) in [5.41, 5.74) is 3.88. The second-order valence-electron chi connectivity index (χ2n) is 5.00. The van der Waals surface area contributed by atoms with Gasteiger partial charge >= 0.3 is 0 Å². The summed E-state index contributed by atoms with van der Waals surface area (Å²) in [5, 5.41) is 3.40. The molecule has 20 heavy (non-hydrogen) atoms. The number of benzene rings is 2. The first-order valence-electron chi connectivity index (χ1n) is 7.21. The summed E-state index contributed by atoms with van der Waals surface area (Å²) in [7, 11) is 2.00. The predicted molar refractivity (Wildman–Crippen MR) is 84.3 cm³/mol. The molecule has 0 radical (unpaired) electrons. The number of ether oxygens (including phenoxy) is 1. The Hall–Kier alpha value is -1.80. The minimum atomic E-state index is 0.219. The largest absolute Gasteiger partial charge is 0.494 e. The third-order valence-corrected chi connectivity index (χ3v) is 3.47. The summed E-state index contributed by atoms with van der Waals surface area (Å²) in [6.45, 7) is 5.04. The van der Waals surface area contributed by atoms with Crippen LogP contribution in [0, 0.1) is 6.92 Å². The van der Waals surface area contributed by atoms with Crippen LogP contribution < -0.4 is 10.1 Å². The van der Waals surface area contributed by atoms with Gasteiger partial charge in [-0.1, -0.05) is 43.3 Å². The van der Waals surface area contributed by atoms with Gasteiger partial charge in [0.1, 0.15) is 5.75 Å². The maximum absolute atomic E-state index is 5.63. The van der Waals surface area contributed by atoms with E-state index in [-0.39, 0.29) is 6.04 Å². The lowest BCUT2D eigenvalue weighted by atomic mass is 9.95. The maximum atomic E-state index is 5.63. The van der Waals surface area contributed by atoms with Gasteiger partial charge < -0.3 is 10.1 Å². The molecule has 2 aromatic rings. The molecule has 0 aromatic heterocycles. The zero-order chi connectivity index (χ0) is 14.4. The summed E-state index contributed by atoms with van der Waals surface area (Å²) >= 11 is 0. The van der Waals surface area contributed by atoms with E-state index in [1.807, 2.05) is 19.2 Å². The van der Waals surface area contributed by atoms with Gasteiger partial charge in [-0.2, -0.15) is 0 Å². The Labute approximate surface area is 121 Å². The average molecular weight is 269 g/mol. The highest BCUT2D eigenvalue weighted by molar-refractivity contribution is 5.38. The standard InChI is InChI=1S/C18H23NO/c1-4-13-20-16-11-9-15(10-12-16)18(19-3)17-8-6-5-7-14(17)2/h5-12,18-19H,4,13H2,1-3H3. The molecule has 0 heterocycles. The molecule has 2 nitrogen and oxygen atoms in total. The zero-order valence-electron chi connectivity index (χ0n) is 12.5. The third-order valence-electron chi connectivity index (χ3n) is 3.47. The normalized spacial score (nSPS) is 12.2. The van der Waals surface area contributed by atoms with Gasteiger partial charge in [0.2, 0.25) is 0 Å². The molecule has 1 N–H and O–H groups in total. The van der Waals surface area contributed by atoms with E-state index in [9.17, 15) is 0 Å². The Morgan fingerprint density at radius 1 is 1.05 bits per heavy atom. The van der Waals surface area contributed by atoms with Gasteiger partial charge in [-0.3, -0.25) is 0 Å². The smallest absolute Gasteiger partial charge is 0.119 e. The van der Waals surface area contributed by atoms with Crippen molar-refractivity contribution in [2.75, 3.05) is 13.7 Å². The first kappa shape index (κ1) is 14.6. The van der Waals surface area contributed by atoms with Gasteiger partial charge in [0.25, 0.3) is 0 Å². The number of hydrogen-bond donors (Lipinski definition) is 1. The minimum absolute atomic E-state index is 0.219. The average Bonchev–Trinajstić information content (AvgIpc) is 2.49. The molecule has 0 amide bonds. The molecule has 0 bridgehead atoms. The molecular weight excluding hydrogens is 246 g/mol. The molecule has 0 fully saturated rings. The Morgan fingerprint density at radius 3 is 2.35 bits per heavy atom. The van der Waals surface area contributed by atoms with Crippen molar-refractivity contribution in [1.29, 1.82) is 0 Å². The SMILES string of the molecule is CCCOc1ccc(C(NC)c2ccccc2C)cc1. The first-order chi connectivity index (χ1) is 9.76.